The van der Waals surface area contributed by atoms with E-state index in [-0.39, 0.29) is 47.6 Å². The molecule has 3 fully saturated rings. The number of alkyl halides is 1. The molecule has 0 spiro atoms. The van der Waals surface area contributed by atoms with Crippen molar-refractivity contribution in [2.24, 2.45) is 11.8 Å². The van der Waals surface area contributed by atoms with E-state index in [0.29, 0.717) is 40.9 Å². The normalized spacial score (nSPS) is 28.0. The van der Waals surface area contributed by atoms with Crippen LogP contribution >= 0.6 is 18.9 Å². The van der Waals surface area contributed by atoms with Crippen LogP contribution in [-0.4, -0.2) is 80.1 Å². The molecule has 11 nitrogen and oxygen atoms in total. The number of amides is 2. The molecule has 7 rings (SSSR count). The Labute approximate surface area is 256 Å². The highest BCUT2D eigenvalue weighted by Crippen LogP contribution is 2.53. The zero-order valence-electron chi connectivity index (χ0n) is 23.6. The fourth-order valence-corrected chi connectivity index (χ4v) is 8.57. The van der Waals surface area contributed by atoms with E-state index in [0.717, 1.165) is 29.9 Å². The highest BCUT2D eigenvalue weighted by atomic mass is 32.1. The summed E-state index contributed by atoms with van der Waals surface area (Å²) in [6.07, 6.45) is 8.34. The third-order valence-electron chi connectivity index (χ3n) is 9.49. The molecule has 3 saturated heterocycles. The highest BCUT2D eigenvalue weighted by molar-refractivity contribution is 7.51. The van der Waals surface area contributed by atoms with E-state index < -0.39 is 31.5 Å². The van der Waals surface area contributed by atoms with Gasteiger partial charge in [-0.1, -0.05) is 23.4 Å². The number of hydrogen-bond donors (Lipinski definition) is 3. The van der Waals surface area contributed by atoms with E-state index in [1.807, 2.05) is 6.07 Å². The van der Waals surface area contributed by atoms with E-state index in [4.69, 9.17) is 4.52 Å². The lowest BCUT2D eigenvalue weighted by Crippen LogP contribution is -2.58. The minimum atomic E-state index is -4.98. The maximum absolute atomic E-state index is 14.3. The summed E-state index contributed by atoms with van der Waals surface area (Å²) in [6.45, 7) is 1.67. The number of carbonyl (C=O) groups is 3. The Hall–Kier alpha value is -3.22. The number of nitrogens with zero attached hydrogens (tertiary/aromatic N) is 3. The summed E-state index contributed by atoms with van der Waals surface area (Å²) in [5.74, 6) is -2.48. The van der Waals surface area contributed by atoms with Gasteiger partial charge in [0.25, 0.3) is 5.91 Å². The molecule has 6 atom stereocenters. The van der Waals surface area contributed by atoms with E-state index in [2.05, 4.69) is 27.5 Å². The van der Waals surface area contributed by atoms with Gasteiger partial charge in [-0.2, -0.15) is 0 Å². The van der Waals surface area contributed by atoms with E-state index in [9.17, 15) is 33.1 Å². The van der Waals surface area contributed by atoms with Gasteiger partial charge in [-0.15, -0.1) is 11.3 Å². The quantitative estimate of drug-likeness (QED) is 0.246. The molecular weight excluding hydrogens is 610 g/mol. The van der Waals surface area contributed by atoms with Crippen LogP contribution < -0.4 is 5.32 Å². The van der Waals surface area contributed by atoms with Gasteiger partial charge in [0, 0.05) is 35.8 Å². The summed E-state index contributed by atoms with van der Waals surface area (Å²) in [6, 6.07) is 6.09. The summed E-state index contributed by atoms with van der Waals surface area (Å²) >= 11 is 1.15. The van der Waals surface area contributed by atoms with Gasteiger partial charge in [-0.3, -0.25) is 23.8 Å². The zero-order chi connectivity index (χ0) is 30.7. The van der Waals surface area contributed by atoms with Gasteiger partial charge in [0.2, 0.25) is 11.8 Å². The molecule has 3 aliphatic heterocycles. The molecule has 2 amide bonds. The van der Waals surface area contributed by atoms with Gasteiger partial charge < -0.3 is 24.5 Å². The monoisotopic (exact) mass is 642 g/mol. The molecule has 3 N–H and O–H groups in total. The number of ketones is 1. The standard InChI is InChI=1S/C30H32FN4O7PS/c31-28(43(39,40)41)18-3-6-26-19(9-18)12-27(44-26)29(37)32-23-11-17-2-1-16(17)10-21-4-5-24(35(21)30(23)38)25(36)15-34-13-20(14-34)22-7-8-42-33-22/h1-3,6-9,12,16-17,20-21,23-24,28H,4-5,10-11,13-15H2,(H,32,37)(H2,39,40,41)/t16-,17+,21+,23-,24-,28-/m0/s1. The van der Waals surface area contributed by atoms with Gasteiger partial charge in [0.15, 0.2) is 5.78 Å². The van der Waals surface area contributed by atoms with Crippen molar-refractivity contribution in [2.45, 2.75) is 55.6 Å². The molecule has 4 aliphatic rings. The number of nitrogens with one attached hydrogen (secondary N) is 1. The zero-order valence-corrected chi connectivity index (χ0v) is 25.3. The third-order valence-corrected chi connectivity index (χ3v) is 11.5. The molecule has 3 aromatic rings. The van der Waals surface area contributed by atoms with Crippen LogP contribution in [0.3, 0.4) is 0 Å². The Morgan fingerprint density at radius 3 is 2.61 bits per heavy atom. The summed E-state index contributed by atoms with van der Waals surface area (Å²) in [4.78, 5) is 63.7. The van der Waals surface area contributed by atoms with Crippen molar-refractivity contribution in [3.63, 3.8) is 0 Å². The average Bonchev–Trinajstić information content (AvgIpc) is 3.72. The number of likely N-dealkylation sites (tertiary alicyclic amines) is 1. The summed E-state index contributed by atoms with van der Waals surface area (Å²) in [5, 5.41) is 7.40. The maximum Gasteiger partial charge on any atom is 0.363 e. The number of fused-ring (bicyclic) bond motifs is 3. The topological polar surface area (TPSA) is 153 Å². The van der Waals surface area contributed by atoms with E-state index in [1.54, 1.807) is 11.2 Å². The first-order valence-corrected chi connectivity index (χ1v) is 17.2. The van der Waals surface area contributed by atoms with Crippen LogP contribution in [0.25, 0.3) is 10.1 Å². The van der Waals surface area contributed by atoms with Gasteiger partial charge in [-0.05, 0) is 66.7 Å². The number of benzene rings is 1. The molecule has 0 unspecified atom stereocenters. The lowest BCUT2D eigenvalue weighted by molar-refractivity contribution is -0.143. The van der Waals surface area contributed by atoms with Crippen molar-refractivity contribution in [1.82, 2.24) is 20.3 Å². The molecule has 1 aliphatic carbocycles. The molecule has 14 heteroatoms. The summed E-state index contributed by atoms with van der Waals surface area (Å²) in [5.41, 5.74) is 0.707. The van der Waals surface area contributed by atoms with Crippen LogP contribution in [-0.2, 0) is 14.2 Å². The van der Waals surface area contributed by atoms with Crippen molar-refractivity contribution in [1.29, 1.82) is 0 Å². The van der Waals surface area contributed by atoms with Crippen molar-refractivity contribution < 1.29 is 37.6 Å². The van der Waals surface area contributed by atoms with Crippen LogP contribution in [0.2, 0.25) is 0 Å². The number of rotatable bonds is 8. The number of halogens is 1. The van der Waals surface area contributed by atoms with Gasteiger partial charge in [-0.25, -0.2) is 4.39 Å². The number of carbonyl (C=O) groups excluding carboxylic acids is 3. The minimum Gasteiger partial charge on any atom is -0.364 e. The number of thiophene rings is 1. The lowest BCUT2D eigenvalue weighted by atomic mass is 9.73. The molecule has 0 bridgehead atoms. The first-order valence-electron chi connectivity index (χ1n) is 14.7. The fourth-order valence-electron chi connectivity index (χ4n) is 7.07. The van der Waals surface area contributed by atoms with Crippen LogP contribution in [0.4, 0.5) is 4.39 Å². The second-order valence-corrected chi connectivity index (χ2v) is 15.0. The Morgan fingerprint density at radius 2 is 1.91 bits per heavy atom. The average molecular weight is 643 g/mol. The molecule has 0 radical (unpaired) electrons. The largest absolute Gasteiger partial charge is 0.364 e. The maximum atomic E-state index is 14.3. The number of aromatic nitrogens is 1. The van der Waals surface area contributed by atoms with Gasteiger partial charge in [0.1, 0.15) is 12.3 Å². The second kappa shape index (κ2) is 11.3. The van der Waals surface area contributed by atoms with Crippen molar-refractivity contribution in [3.8, 4) is 0 Å². The number of Topliss-reactive ketones (excluding diaryl/α,β-unsaturated/α-hetero) is 1. The SMILES string of the molecule is O=C(N[C@H]1C[C@H]2C=C[C@H]2C[C@H]2CC[C@@H](C(=O)CN3CC(c4ccon4)C3)N2C1=O)c1cc2cc([C@@H](F)P(=O)(O)O)ccc2s1. The molecule has 232 valence electrons. The third kappa shape index (κ3) is 5.45. The highest BCUT2D eigenvalue weighted by Gasteiger charge is 2.48. The summed E-state index contributed by atoms with van der Waals surface area (Å²) in [7, 11) is -4.98. The van der Waals surface area contributed by atoms with Crippen LogP contribution in [0.5, 0.6) is 0 Å². The Balaban J connectivity index is 1.06. The van der Waals surface area contributed by atoms with Gasteiger partial charge in [0.05, 0.1) is 23.2 Å². The van der Waals surface area contributed by atoms with E-state index >= 15 is 0 Å². The molecule has 5 heterocycles. The van der Waals surface area contributed by atoms with Gasteiger partial charge >= 0.3 is 7.60 Å². The first-order chi connectivity index (χ1) is 21.0. The second-order valence-electron chi connectivity index (χ2n) is 12.3. The Bertz CT molecular complexity index is 1680. The molecular formula is C30H32FN4O7PS. The Morgan fingerprint density at radius 1 is 1.14 bits per heavy atom. The fraction of sp³-hybridized carbons (Fsp3) is 0.467. The molecule has 2 aromatic heterocycles. The predicted octanol–water partition coefficient (Wildman–Crippen LogP) is 3.76. The number of hydrogen-bond acceptors (Lipinski definition) is 8. The Kier molecular flexibility index (Phi) is 7.57. The van der Waals surface area contributed by atoms with Crippen LogP contribution in [0.1, 0.15) is 58.4 Å². The molecule has 0 saturated carbocycles. The first kappa shape index (κ1) is 29.5. The molecule has 1 aromatic carbocycles. The van der Waals surface area contributed by atoms with Crippen LogP contribution in [0, 0.1) is 11.8 Å². The smallest absolute Gasteiger partial charge is 0.363 e. The number of allylic oxidation sites excluding steroid dienone is 2. The van der Waals surface area contributed by atoms with Crippen LogP contribution in [0.15, 0.2) is 53.3 Å². The van der Waals surface area contributed by atoms with Crippen molar-refractivity contribution >= 4 is 46.6 Å². The van der Waals surface area contributed by atoms with E-state index in [1.165, 1.54) is 24.3 Å². The van der Waals surface area contributed by atoms with Crippen molar-refractivity contribution in [3.05, 3.63) is 64.9 Å². The van der Waals surface area contributed by atoms with Crippen molar-refractivity contribution in [2.75, 3.05) is 19.6 Å². The molecule has 44 heavy (non-hydrogen) atoms. The summed E-state index contributed by atoms with van der Waals surface area (Å²) < 4.78 is 31.3. The minimum absolute atomic E-state index is 0.00703. The predicted molar refractivity (Wildman–Crippen MR) is 159 cm³/mol. The lowest BCUT2D eigenvalue weighted by Gasteiger charge is -2.43.